The van der Waals surface area contributed by atoms with Crippen molar-refractivity contribution in [3.63, 3.8) is 0 Å². The number of carbonyl (C=O) groups is 1. The van der Waals surface area contributed by atoms with Crippen molar-refractivity contribution in [2.24, 2.45) is 52.3 Å². The Labute approximate surface area is 201 Å². The first-order valence-electron chi connectivity index (χ1n) is 13.7. The minimum Gasteiger partial charge on any atom is -0.319 e. The second kappa shape index (κ2) is 9.21. The Morgan fingerprint density at radius 3 is 2.45 bits per heavy atom. The zero-order chi connectivity index (χ0) is 24.2. The molecule has 3 saturated carbocycles. The predicted molar refractivity (Wildman–Crippen MR) is 134 cm³/mol. The summed E-state index contributed by atoms with van der Waals surface area (Å²) < 4.78 is 11.6. The van der Waals surface area contributed by atoms with E-state index in [1.165, 1.54) is 50.5 Å². The molecule has 0 spiro atoms. The molecule has 0 aliphatic heterocycles. The van der Waals surface area contributed by atoms with Crippen LogP contribution < -0.4 is 0 Å². The molecule has 8 atom stereocenters. The summed E-state index contributed by atoms with van der Waals surface area (Å²) in [6.07, 6.45) is 15.0. The summed E-state index contributed by atoms with van der Waals surface area (Å²) in [4.78, 5) is 31.1. The van der Waals surface area contributed by atoms with Gasteiger partial charge in [-0.25, -0.2) is 0 Å². The lowest BCUT2D eigenvalue weighted by molar-refractivity contribution is -0.118. The molecular weight excluding hydrogens is 431 g/mol. The van der Waals surface area contributed by atoms with Gasteiger partial charge in [-0.05, 0) is 97.7 Å². The van der Waals surface area contributed by atoms with Crippen molar-refractivity contribution in [1.29, 1.82) is 0 Å². The quantitative estimate of drug-likeness (QED) is 0.296. The molecule has 5 heteroatoms. The van der Waals surface area contributed by atoms with Crippen LogP contribution in [0, 0.1) is 52.3 Å². The molecular formula is C28H47O4P. The predicted octanol–water partition coefficient (Wildman–Crippen LogP) is 7.35. The van der Waals surface area contributed by atoms with E-state index in [1.807, 2.05) is 0 Å². The molecule has 4 aliphatic carbocycles. The van der Waals surface area contributed by atoms with E-state index in [0.29, 0.717) is 24.2 Å². The van der Waals surface area contributed by atoms with Crippen LogP contribution in [0.2, 0.25) is 0 Å². The molecule has 0 aromatic heterocycles. The number of hydrogen-bond acceptors (Lipinski definition) is 2. The molecule has 0 heterocycles. The third kappa shape index (κ3) is 4.58. The average molecular weight is 479 g/mol. The van der Waals surface area contributed by atoms with Gasteiger partial charge in [0.15, 0.2) is 0 Å². The van der Waals surface area contributed by atoms with Gasteiger partial charge >= 0.3 is 7.60 Å². The van der Waals surface area contributed by atoms with Crippen molar-refractivity contribution in [1.82, 2.24) is 0 Å². The molecule has 0 amide bonds. The van der Waals surface area contributed by atoms with Crippen LogP contribution in [0.4, 0.5) is 0 Å². The fourth-order valence-corrected chi connectivity index (χ4v) is 9.83. The summed E-state index contributed by atoms with van der Waals surface area (Å²) in [6.45, 7) is 12.2. The van der Waals surface area contributed by atoms with Gasteiger partial charge in [0.2, 0.25) is 5.52 Å². The maximum absolute atomic E-state index is 12.3. The van der Waals surface area contributed by atoms with Crippen molar-refractivity contribution >= 4 is 13.1 Å². The van der Waals surface area contributed by atoms with Crippen LogP contribution in [-0.4, -0.2) is 15.3 Å². The van der Waals surface area contributed by atoms with E-state index in [9.17, 15) is 19.1 Å². The number of fused-ring (bicyclic) bond motifs is 5. The van der Waals surface area contributed by atoms with Crippen LogP contribution in [0.3, 0.4) is 0 Å². The molecule has 0 bridgehead atoms. The first-order valence-corrected chi connectivity index (χ1v) is 15.3. The van der Waals surface area contributed by atoms with Crippen LogP contribution in [0.15, 0.2) is 11.6 Å². The monoisotopic (exact) mass is 478 g/mol. The number of rotatable bonds is 7. The summed E-state index contributed by atoms with van der Waals surface area (Å²) in [7, 11) is -4.64. The van der Waals surface area contributed by atoms with Gasteiger partial charge < -0.3 is 9.79 Å². The highest BCUT2D eigenvalue weighted by molar-refractivity contribution is 7.70. The topological polar surface area (TPSA) is 74.6 Å². The fourth-order valence-electron chi connectivity index (χ4n) is 9.13. The second-order valence-corrected chi connectivity index (χ2v) is 14.6. The molecule has 2 N–H and O–H groups in total. The number of allylic oxidation sites excluding steroid dienone is 2. The zero-order valence-electron chi connectivity index (χ0n) is 21.6. The molecule has 3 fully saturated rings. The molecule has 0 aromatic rings. The van der Waals surface area contributed by atoms with Gasteiger partial charge in [-0.15, -0.1) is 0 Å². The highest BCUT2D eigenvalue weighted by atomic mass is 31.2. The fraction of sp³-hybridized carbons (Fsp3) is 0.893. The van der Waals surface area contributed by atoms with E-state index in [0.717, 1.165) is 42.4 Å². The Bertz CT molecular complexity index is 828. The van der Waals surface area contributed by atoms with Gasteiger partial charge in [0.25, 0.3) is 0 Å². The third-order valence-electron chi connectivity index (χ3n) is 10.9. The van der Waals surface area contributed by atoms with Crippen LogP contribution in [0.1, 0.15) is 105 Å². The molecule has 4 aliphatic rings. The van der Waals surface area contributed by atoms with Crippen molar-refractivity contribution in [3.05, 3.63) is 11.6 Å². The summed E-state index contributed by atoms with van der Waals surface area (Å²) in [5.41, 5.74) is 1.06. The smallest absolute Gasteiger partial charge is 0.319 e. The highest BCUT2D eigenvalue weighted by Crippen LogP contribution is 2.68. The van der Waals surface area contributed by atoms with Crippen LogP contribution in [0.5, 0.6) is 0 Å². The van der Waals surface area contributed by atoms with Crippen LogP contribution in [-0.2, 0) is 9.36 Å². The zero-order valence-corrected chi connectivity index (χ0v) is 22.4. The van der Waals surface area contributed by atoms with Gasteiger partial charge in [0.1, 0.15) is 0 Å². The second-order valence-electron chi connectivity index (χ2n) is 13.1. The van der Waals surface area contributed by atoms with E-state index >= 15 is 0 Å². The SMILES string of the molecule is CC(C)CCC[C@@H](C)[C@H]1CC[C@H]2[C@@H]3CC=C4C[C@@H](C(=O)P(=O)(O)O)CC[C@]4(C)[C@H]3CC[C@]12C. The number of hydrogen-bond donors (Lipinski definition) is 2. The van der Waals surface area contributed by atoms with Crippen molar-refractivity contribution in [2.45, 2.75) is 105 Å². The summed E-state index contributed by atoms with van der Waals surface area (Å²) in [6, 6.07) is 0. The summed E-state index contributed by atoms with van der Waals surface area (Å²) in [5, 5.41) is 0. The largest absolute Gasteiger partial charge is 0.391 e. The van der Waals surface area contributed by atoms with Crippen LogP contribution in [0.25, 0.3) is 0 Å². The first kappa shape index (κ1) is 25.6. The van der Waals surface area contributed by atoms with Gasteiger partial charge in [0, 0.05) is 5.92 Å². The maximum Gasteiger partial charge on any atom is 0.391 e. The lowest BCUT2D eigenvalue weighted by Gasteiger charge is -2.58. The lowest BCUT2D eigenvalue weighted by atomic mass is 9.46. The maximum atomic E-state index is 12.3. The highest BCUT2D eigenvalue weighted by Gasteiger charge is 2.59. The Morgan fingerprint density at radius 1 is 1.06 bits per heavy atom. The molecule has 0 unspecified atom stereocenters. The molecule has 0 radical (unpaired) electrons. The standard InChI is InChI=1S/C28H47O4P/c1-18(2)7-6-8-19(3)23-11-12-24-22-10-9-21-17-20(26(29)33(30,31)32)13-15-27(21,4)25(22)14-16-28(23,24)5/h9,18-20,22-25H,6-8,10-17H2,1-5H3,(H2,30,31,32)/t19-,20+,22+,23-,24+,25+,27+,28-/m1/s1. The average Bonchev–Trinajstić information content (AvgIpc) is 3.09. The van der Waals surface area contributed by atoms with Gasteiger partial charge in [-0.3, -0.25) is 9.36 Å². The summed E-state index contributed by atoms with van der Waals surface area (Å²) >= 11 is 0. The van der Waals surface area contributed by atoms with Gasteiger partial charge in [0.05, 0.1) is 0 Å². The normalized spacial score (nSPS) is 41.7. The van der Waals surface area contributed by atoms with E-state index in [4.69, 9.17) is 0 Å². The Hall–Kier alpha value is -0.440. The molecule has 33 heavy (non-hydrogen) atoms. The lowest BCUT2D eigenvalue weighted by Crippen LogP contribution is -2.50. The van der Waals surface area contributed by atoms with Crippen LogP contribution >= 0.6 is 7.60 Å². The van der Waals surface area contributed by atoms with Crippen molar-refractivity contribution in [2.75, 3.05) is 0 Å². The van der Waals surface area contributed by atoms with Crippen molar-refractivity contribution in [3.8, 4) is 0 Å². The summed E-state index contributed by atoms with van der Waals surface area (Å²) in [5.74, 6) is 4.17. The minimum atomic E-state index is -4.64. The molecule has 4 rings (SSSR count). The minimum absolute atomic E-state index is 0.108. The van der Waals surface area contributed by atoms with E-state index in [2.05, 4.69) is 40.7 Å². The van der Waals surface area contributed by atoms with Crippen molar-refractivity contribution < 1.29 is 19.1 Å². The Kier molecular flexibility index (Phi) is 7.16. The van der Waals surface area contributed by atoms with Gasteiger partial charge in [-0.1, -0.05) is 65.5 Å². The van der Waals surface area contributed by atoms with Gasteiger partial charge in [-0.2, -0.15) is 0 Å². The molecule has 0 saturated heterocycles. The van der Waals surface area contributed by atoms with E-state index < -0.39 is 19.0 Å². The third-order valence-corrected chi connectivity index (χ3v) is 11.9. The molecule has 4 nitrogen and oxygen atoms in total. The first-order chi connectivity index (χ1) is 15.4. The molecule has 0 aromatic carbocycles. The Balaban J connectivity index is 1.48. The van der Waals surface area contributed by atoms with E-state index in [1.54, 1.807) is 0 Å². The molecule has 188 valence electrons. The number of carbonyl (C=O) groups excluding carboxylic acids is 1. The Morgan fingerprint density at radius 2 is 1.79 bits per heavy atom. The van der Waals surface area contributed by atoms with E-state index in [-0.39, 0.29) is 5.41 Å².